The topological polar surface area (TPSA) is 131 Å². The fraction of sp³-hybridized carbons (Fsp3) is 0.632. The molecule has 0 unspecified atom stereocenters. The molecule has 1 aliphatic carbocycles. The molecule has 4 rings (SSSR count). The number of nitrogens with zero attached hydrogens (tertiary/aromatic N) is 4. The fourth-order valence-corrected chi connectivity index (χ4v) is 7.96. The van der Waals surface area contributed by atoms with Crippen molar-refractivity contribution in [2.24, 2.45) is 0 Å². The number of rotatable bonds is 6. The van der Waals surface area contributed by atoms with E-state index in [0.717, 1.165) is 37.3 Å². The molecule has 1 aliphatic heterocycles. The van der Waals surface area contributed by atoms with Crippen LogP contribution in [0.4, 0.5) is 5.95 Å². The molecule has 2 aromatic rings. The van der Waals surface area contributed by atoms with Crippen LogP contribution < -0.4 is 10.9 Å². The molecular weight excluding hydrogens is 442 g/mol. The smallest absolute Gasteiger partial charge is 0.252 e. The van der Waals surface area contributed by atoms with Crippen LogP contribution in [-0.2, 0) is 19.9 Å². The summed E-state index contributed by atoms with van der Waals surface area (Å²) in [7, 11) is -7.46. The highest BCUT2D eigenvalue weighted by Crippen LogP contribution is 2.30. The molecule has 3 heterocycles. The van der Waals surface area contributed by atoms with Gasteiger partial charge in [0.2, 0.25) is 16.0 Å². The van der Waals surface area contributed by atoms with Crippen molar-refractivity contribution in [2.75, 3.05) is 29.7 Å². The lowest BCUT2D eigenvalue weighted by Gasteiger charge is -2.31. The third-order valence-electron chi connectivity index (χ3n) is 5.90. The number of nitrogens with one attached hydrogen (secondary N) is 1. The van der Waals surface area contributed by atoms with Gasteiger partial charge in [-0.1, -0.05) is 12.8 Å². The Morgan fingerprint density at radius 3 is 2.39 bits per heavy atom. The number of hydrogen-bond donors (Lipinski definition) is 1. The summed E-state index contributed by atoms with van der Waals surface area (Å²) in [4.78, 5) is 21.5. The van der Waals surface area contributed by atoms with Crippen LogP contribution in [0.5, 0.6) is 0 Å². The van der Waals surface area contributed by atoms with Gasteiger partial charge in [-0.05, 0) is 31.7 Å². The second-order valence-electron chi connectivity index (χ2n) is 8.43. The average molecular weight is 470 g/mol. The minimum Gasteiger partial charge on any atom is -0.351 e. The Morgan fingerprint density at radius 2 is 1.74 bits per heavy atom. The Kier molecular flexibility index (Phi) is 6.05. The molecule has 2 aromatic heterocycles. The number of aromatic nitrogens is 3. The molecule has 0 radical (unpaired) electrons. The summed E-state index contributed by atoms with van der Waals surface area (Å²) in [6.45, 7) is 0.464. The van der Waals surface area contributed by atoms with E-state index >= 15 is 0 Å². The molecule has 170 valence electrons. The molecule has 0 aromatic carbocycles. The Balaban J connectivity index is 1.49. The molecule has 1 saturated heterocycles. The van der Waals surface area contributed by atoms with Crippen molar-refractivity contribution >= 4 is 36.8 Å². The summed E-state index contributed by atoms with van der Waals surface area (Å²) in [6, 6.07) is 3.40. The number of sulfonamides is 1. The highest BCUT2D eigenvalue weighted by molar-refractivity contribution is 8.06. The van der Waals surface area contributed by atoms with Crippen molar-refractivity contribution in [1.82, 2.24) is 18.8 Å². The van der Waals surface area contributed by atoms with Gasteiger partial charge in [0.05, 0.1) is 0 Å². The predicted molar refractivity (Wildman–Crippen MR) is 118 cm³/mol. The molecule has 0 atom stereocenters. The van der Waals surface area contributed by atoms with Crippen LogP contribution in [-0.4, -0.2) is 66.1 Å². The molecule has 1 N–H and O–H groups in total. The zero-order valence-electron chi connectivity index (χ0n) is 17.4. The first kappa shape index (κ1) is 22.2. The van der Waals surface area contributed by atoms with Crippen molar-refractivity contribution in [2.45, 2.75) is 50.6 Å². The summed E-state index contributed by atoms with van der Waals surface area (Å²) < 4.78 is 50.3. The van der Waals surface area contributed by atoms with Crippen molar-refractivity contribution in [3.63, 3.8) is 0 Å². The first-order valence-electron chi connectivity index (χ1n) is 10.4. The molecular formula is C19H27N5O5S2. The van der Waals surface area contributed by atoms with Gasteiger partial charge in [0.15, 0.2) is 14.9 Å². The van der Waals surface area contributed by atoms with Crippen LogP contribution in [0.1, 0.15) is 44.6 Å². The summed E-state index contributed by atoms with van der Waals surface area (Å²) in [5.41, 5.74) is 0.554. The molecule has 1 saturated carbocycles. The van der Waals surface area contributed by atoms with E-state index in [0.29, 0.717) is 24.4 Å². The number of anilines is 1. The maximum Gasteiger partial charge on any atom is 0.252 e. The van der Waals surface area contributed by atoms with Crippen molar-refractivity contribution in [1.29, 1.82) is 0 Å². The Morgan fingerprint density at radius 1 is 1.06 bits per heavy atom. The lowest BCUT2D eigenvalue weighted by atomic mass is 10.1. The molecule has 12 heteroatoms. The summed E-state index contributed by atoms with van der Waals surface area (Å²) >= 11 is 0. The maximum absolute atomic E-state index is 12.5. The predicted octanol–water partition coefficient (Wildman–Crippen LogP) is 1.11. The Hall–Kier alpha value is -2.05. The molecule has 0 bridgehead atoms. The number of fused-ring (bicyclic) bond motifs is 1. The third-order valence-corrected chi connectivity index (χ3v) is 9.96. The number of hydrogen-bond acceptors (Lipinski definition) is 8. The van der Waals surface area contributed by atoms with Crippen molar-refractivity contribution in [3.05, 3.63) is 28.7 Å². The highest BCUT2D eigenvalue weighted by Gasteiger charge is 2.31. The Bertz CT molecular complexity index is 1230. The van der Waals surface area contributed by atoms with E-state index in [9.17, 15) is 21.6 Å². The van der Waals surface area contributed by atoms with Crippen molar-refractivity contribution < 1.29 is 16.8 Å². The van der Waals surface area contributed by atoms with E-state index in [1.54, 1.807) is 22.9 Å². The third kappa shape index (κ3) is 5.07. The number of piperidine rings is 1. The van der Waals surface area contributed by atoms with E-state index in [1.165, 1.54) is 4.31 Å². The van der Waals surface area contributed by atoms with Crippen LogP contribution in [0.3, 0.4) is 0 Å². The van der Waals surface area contributed by atoms with Gasteiger partial charge in [-0.15, -0.1) is 0 Å². The number of sulfone groups is 1. The minimum atomic E-state index is -3.84. The molecule has 0 spiro atoms. The standard InChI is InChI=1S/C19H27N5O5S2/c1-30(26,27)13-31(28,29)23-10-8-15(9-11-23)21-19-20-12-14-6-7-17(25)24(18(14)22-19)16-4-2-3-5-16/h6-7,12,15-16H,2-5,8-11,13H2,1H3,(H,20,21,22). The van der Waals surface area contributed by atoms with Crippen LogP contribution in [0.15, 0.2) is 23.1 Å². The zero-order chi connectivity index (χ0) is 22.2. The first-order valence-corrected chi connectivity index (χ1v) is 14.1. The van der Waals surface area contributed by atoms with Gasteiger partial charge in [-0.2, -0.15) is 4.98 Å². The van der Waals surface area contributed by atoms with Crippen LogP contribution in [0.2, 0.25) is 0 Å². The van der Waals surface area contributed by atoms with Gasteiger partial charge >= 0.3 is 0 Å². The summed E-state index contributed by atoms with van der Waals surface area (Å²) in [5.74, 6) is 0.405. The lowest BCUT2D eigenvalue weighted by molar-refractivity contribution is 0.330. The largest absolute Gasteiger partial charge is 0.351 e. The van der Waals surface area contributed by atoms with Gasteiger partial charge in [-0.3, -0.25) is 9.36 Å². The minimum absolute atomic E-state index is 0.0440. The normalized spacial score (nSPS) is 19.8. The van der Waals surface area contributed by atoms with Gasteiger partial charge < -0.3 is 5.32 Å². The monoisotopic (exact) mass is 469 g/mol. The van der Waals surface area contributed by atoms with E-state index in [1.807, 2.05) is 0 Å². The van der Waals surface area contributed by atoms with Gasteiger partial charge in [-0.25, -0.2) is 26.1 Å². The molecule has 2 fully saturated rings. The maximum atomic E-state index is 12.5. The zero-order valence-corrected chi connectivity index (χ0v) is 19.0. The van der Waals surface area contributed by atoms with E-state index in [4.69, 9.17) is 0 Å². The van der Waals surface area contributed by atoms with Crippen LogP contribution in [0.25, 0.3) is 11.0 Å². The van der Waals surface area contributed by atoms with E-state index < -0.39 is 24.9 Å². The summed E-state index contributed by atoms with van der Waals surface area (Å²) in [5, 5.41) is 3.19. The van der Waals surface area contributed by atoms with E-state index in [2.05, 4.69) is 15.3 Å². The van der Waals surface area contributed by atoms with Gasteiger partial charge in [0.1, 0.15) is 5.65 Å². The van der Waals surface area contributed by atoms with Crippen molar-refractivity contribution in [3.8, 4) is 0 Å². The Labute approximate surface area is 181 Å². The second-order valence-corrected chi connectivity index (χ2v) is 12.9. The van der Waals surface area contributed by atoms with Crippen LogP contribution >= 0.6 is 0 Å². The molecule has 0 amide bonds. The quantitative estimate of drug-likeness (QED) is 0.666. The number of pyridine rings is 1. The fourth-order valence-electron chi connectivity index (χ4n) is 4.43. The average Bonchev–Trinajstić information content (AvgIpc) is 3.20. The van der Waals surface area contributed by atoms with E-state index in [-0.39, 0.29) is 30.7 Å². The first-order chi connectivity index (χ1) is 14.6. The second kappa shape index (κ2) is 8.47. The lowest BCUT2D eigenvalue weighted by Crippen LogP contribution is -2.44. The molecule has 10 nitrogen and oxygen atoms in total. The van der Waals surface area contributed by atoms with Gasteiger partial charge in [0, 0.05) is 49.1 Å². The SMILES string of the molecule is CS(=O)(=O)CS(=O)(=O)N1CCC(Nc2ncc3ccc(=O)n(C4CCCC4)c3n2)CC1. The highest BCUT2D eigenvalue weighted by atomic mass is 32.3. The van der Waals surface area contributed by atoms with Crippen LogP contribution in [0, 0.1) is 0 Å². The molecule has 2 aliphatic rings. The summed E-state index contributed by atoms with van der Waals surface area (Å²) in [6.07, 6.45) is 7.76. The van der Waals surface area contributed by atoms with Gasteiger partial charge in [0.25, 0.3) is 5.56 Å². The molecule has 31 heavy (non-hydrogen) atoms.